The molecule has 0 aliphatic carbocycles. The Balaban J connectivity index is 3.69. The molecule has 96 valence electrons. The number of methoxy groups -OCH3 is 1. The van der Waals surface area contributed by atoms with E-state index in [0.29, 0.717) is 11.5 Å². The molecule has 2 atom stereocenters. The molecule has 0 saturated carbocycles. The Bertz CT molecular complexity index is 189. The fourth-order valence-electron chi connectivity index (χ4n) is 0.887. The Hall–Kier alpha value is -0.340. The van der Waals surface area contributed by atoms with Gasteiger partial charge in [0, 0.05) is 18.6 Å². The number of carbonyl (C=O) groups is 1. The van der Waals surface area contributed by atoms with E-state index in [2.05, 4.69) is 5.32 Å². The van der Waals surface area contributed by atoms with E-state index >= 15 is 0 Å². The number of rotatable bonds is 10. The molecular formula is C9H19NO5S. The van der Waals surface area contributed by atoms with Gasteiger partial charge >= 0.3 is 5.97 Å². The molecule has 0 amide bonds. The van der Waals surface area contributed by atoms with Crippen LogP contribution in [0.1, 0.15) is 6.42 Å². The molecule has 0 heterocycles. The van der Waals surface area contributed by atoms with Crippen molar-refractivity contribution in [3.63, 3.8) is 0 Å². The van der Waals surface area contributed by atoms with Crippen LogP contribution in [0.3, 0.4) is 0 Å². The second-order valence-electron chi connectivity index (χ2n) is 2.98. The predicted octanol–water partition coefficient (Wildman–Crippen LogP) is -0.279. The van der Waals surface area contributed by atoms with Crippen molar-refractivity contribution in [2.45, 2.75) is 18.9 Å². The van der Waals surface area contributed by atoms with Gasteiger partial charge in [0.1, 0.15) is 6.23 Å². The molecule has 0 aromatic heterocycles. The van der Waals surface area contributed by atoms with Crippen LogP contribution in [0, 0.1) is 0 Å². The number of hydrogen-bond donors (Lipinski definition) is 3. The summed E-state index contributed by atoms with van der Waals surface area (Å²) in [5.41, 5.74) is 0. The van der Waals surface area contributed by atoms with Crippen LogP contribution >= 0.6 is 11.8 Å². The first-order valence-electron chi connectivity index (χ1n) is 4.90. The smallest absolute Gasteiger partial charge is 0.304 e. The summed E-state index contributed by atoms with van der Waals surface area (Å²) < 4.78 is 10.4. The van der Waals surface area contributed by atoms with Crippen molar-refractivity contribution in [2.24, 2.45) is 0 Å². The summed E-state index contributed by atoms with van der Waals surface area (Å²) in [5.74, 6) is 0.231. The highest BCUT2D eigenvalue weighted by molar-refractivity contribution is 7.99. The van der Waals surface area contributed by atoms with Crippen LogP contribution in [-0.2, 0) is 14.3 Å². The highest BCUT2D eigenvalue weighted by Crippen LogP contribution is 2.09. The Morgan fingerprint density at radius 1 is 1.56 bits per heavy atom. The summed E-state index contributed by atoms with van der Waals surface area (Å²) in [6.07, 6.45) is -0.801. The van der Waals surface area contributed by atoms with Gasteiger partial charge in [-0.2, -0.15) is 11.8 Å². The molecule has 0 fully saturated rings. The Labute approximate surface area is 99.3 Å². The molecule has 0 rings (SSSR count). The molecule has 16 heavy (non-hydrogen) atoms. The lowest BCUT2D eigenvalue weighted by atomic mass is 10.5. The minimum atomic E-state index is -0.814. The summed E-state index contributed by atoms with van der Waals surface area (Å²) in [6, 6.07) is 0. The summed E-state index contributed by atoms with van der Waals surface area (Å²) >= 11 is 1.44. The standard InChI is InChI=1S/C9H19NO5S/c1-10-7(5-11)15-9(14-2)6-16-4-3-8(12)13/h7,9-11H,3-6H2,1-2H3,(H,12,13). The van der Waals surface area contributed by atoms with Crippen molar-refractivity contribution in [3.05, 3.63) is 0 Å². The zero-order valence-corrected chi connectivity index (χ0v) is 10.3. The van der Waals surface area contributed by atoms with Crippen LogP contribution in [0.4, 0.5) is 0 Å². The van der Waals surface area contributed by atoms with Gasteiger partial charge in [-0.25, -0.2) is 0 Å². The highest BCUT2D eigenvalue weighted by atomic mass is 32.2. The van der Waals surface area contributed by atoms with Gasteiger partial charge in [0.15, 0.2) is 6.29 Å². The Morgan fingerprint density at radius 2 is 2.25 bits per heavy atom. The number of thioether (sulfide) groups is 1. The van der Waals surface area contributed by atoms with Crippen molar-refractivity contribution < 1.29 is 24.5 Å². The van der Waals surface area contributed by atoms with Crippen LogP contribution in [-0.4, -0.2) is 61.0 Å². The lowest BCUT2D eigenvalue weighted by Crippen LogP contribution is -2.37. The zero-order valence-electron chi connectivity index (χ0n) is 9.51. The second-order valence-corrected chi connectivity index (χ2v) is 4.13. The van der Waals surface area contributed by atoms with Gasteiger partial charge in [-0.15, -0.1) is 0 Å². The molecule has 2 unspecified atom stereocenters. The number of aliphatic hydroxyl groups is 1. The highest BCUT2D eigenvalue weighted by Gasteiger charge is 2.14. The van der Waals surface area contributed by atoms with Gasteiger partial charge in [0.05, 0.1) is 13.0 Å². The van der Waals surface area contributed by atoms with E-state index in [9.17, 15) is 4.79 Å². The van der Waals surface area contributed by atoms with Gasteiger partial charge in [-0.3, -0.25) is 10.1 Å². The van der Waals surface area contributed by atoms with Gasteiger partial charge in [0.25, 0.3) is 0 Å². The van der Waals surface area contributed by atoms with Gasteiger partial charge < -0.3 is 19.7 Å². The van der Waals surface area contributed by atoms with Crippen LogP contribution in [0.15, 0.2) is 0 Å². The molecule has 3 N–H and O–H groups in total. The monoisotopic (exact) mass is 253 g/mol. The number of hydrogen-bond acceptors (Lipinski definition) is 6. The topological polar surface area (TPSA) is 88.0 Å². The third-order valence-corrected chi connectivity index (χ3v) is 2.78. The second kappa shape index (κ2) is 9.86. The Morgan fingerprint density at radius 3 is 2.69 bits per heavy atom. The quantitative estimate of drug-likeness (QED) is 0.364. The average molecular weight is 253 g/mol. The molecule has 0 aliphatic rings. The minimum absolute atomic E-state index is 0.122. The number of ether oxygens (including phenoxy) is 2. The number of aliphatic carboxylic acids is 1. The minimum Gasteiger partial charge on any atom is -0.481 e. The SMILES string of the molecule is CNC(CO)OC(CSCCC(=O)O)OC. The maximum absolute atomic E-state index is 10.3. The predicted molar refractivity (Wildman–Crippen MR) is 61.4 cm³/mol. The van der Waals surface area contributed by atoms with E-state index in [4.69, 9.17) is 19.7 Å². The summed E-state index contributed by atoms with van der Waals surface area (Å²) in [7, 11) is 3.18. The molecular weight excluding hydrogens is 234 g/mol. The number of carboxylic acid groups (broad SMARTS) is 1. The number of likely N-dealkylation sites (N-methyl/N-ethyl adjacent to an activating group) is 1. The first-order valence-corrected chi connectivity index (χ1v) is 6.05. The largest absolute Gasteiger partial charge is 0.481 e. The zero-order chi connectivity index (χ0) is 12.4. The lowest BCUT2D eigenvalue weighted by molar-refractivity contribution is -0.157. The molecule has 0 aliphatic heterocycles. The van der Waals surface area contributed by atoms with Gasteiger partial charge in [-0.1, -0.05) is 0 Å². The van der Waals surface area contributed by atoms with Crippen molar-refractivity contribution in [2.75, 3.05) is 32.3 Å². The molecule has 0 radical (unpaired) electrons. The van der Waals surface area contributed by atoms with E-state index in [1.165, 1.54) is 18.9 Å². The molecule has 0 saturated heterocycles. The van der Waals surface area contributed by atoms with E-state index in [1.54, 1.807) is 7.05 Å². The van der Waals surface area contributed by atoms with Crippen molar-refractivity contribution >= 4 is 17.7 Å². The van der Waals surface area contributed by atoms with Crippen LogP contribution in [0.25, 0.3) is 0 Å². The van der Waals surface area contributed by atoms with Crippen LogP contribution in [0.2, 0.25) is 0 Å². The van der Waals surface area contributed by atoms with Crippen LogP contribution < -0.4 is 5.32 Å². The summed E-state index contributed by atoms with van der Waals surface area (Å²) in [4.78, 5) is 10.3. The fourth-order valence-corrected chi connectivity index (χ4v) is 1.78. The van der Waals surface area contributed by atoms with E-state index in [0.717, 1.165) is 0 Å². The van der Waals surface area contributed by atoms with Gasteiger partial charge in [0.2, 0.25) is 0 Å². The van der Waals surface area contributed by atoms with E-state index in [-0.39, 0.29) is 13.0 Å². The van der Waals surface area contributed by atoms with Crippen molar-refractivity contribution in [1.29, 1.82) is 0 Å². The van der Waals surface area contributed by atoms with Crippen LogP contribution in [0.5, 0.6) is 0 Å². The molecule has 6 nitrogen and oxygen atoms in total. The average Bonchev–Trinajstić information content (AvgIpc) is 2.28. The number of nitrogens with one attached hydrogen (secondary N) is 1. The van der Waals surface area contributed by atoms with Crippen molar-refractivity contribution in [3.8, 4) is 0 Å². The maximum Gasteiger partial charge on any atom is 0.304 e. The fraction of sp³-hybridized carbons (Fsp3) is 0.889. The molecule has 0 aromatic rings. The van der Waals surface area contributed by atoms with Crippen molar-refractivity contribution in [1.82, 2.24) is 5.32 Å². The first-order chi connectivity index (χ1) is 7.63. The number of carboxylic acids is 1. The lowest BCUT2D eigenvalue weighted by Gasteiger charge is -2.21. The normalized spacial score (nSPS) is 14.7. The van der Waals surface area contributed by atoms with Gasteiger partial charge in [-0.05, 0) is 7.05 Å². The summed E-state index contributed by atoms with van der Waals surface area (Å²) in [6.45, 7) is -0.143. The molecule has 0 aromatic carbocycles. The third kappa shape index (κ3) is 7.89. The maximum atomic E-state index is 10.3. The summed E-state index contributed by atoms with van der Waals surface area (Å²) in [5, 5.41) is 20.1. The first kappa shape index (κ1) is 15.7. The molecule has 0 bridgehead atoms. The number of aliphatic hydroxyl groups excluding tert-OH is 1. The Kier molecular flexibility index (Phi) is 9.65. The van der Waals surface area contributed by atoms with E-state index < -0.39 is 18.5 Å². The third-order valence-electron chi connectivity index (χ3n) is 1.78. The van der Waals surface area contributed by atoms with E-state index in [1.807, 2.05) is 0 Å². The molecule has 0 spiro atoms. The molecule has 7 heteroatoms.